The molecular weight excluding hydrogens is 607 g/mol. The molecule has 0 aromatic heterocycles. The molecule has 0 unspecified atom stereocenters. The van der Waals surface area contributed by atoms with Crippen molar-refractivity contribution in [3.63, 3.8) is 0 Å². The van der Waals surface area contributed by atoms with Crippen molar-refractivity contribution in [3.8, 4) is 5.75 Å². The number of hydrogen-bond acceptors (Lipinski definition) is 7. The lowest BCUT2D eigenvalue weighted by atomic mass is 9.92. The summed E-state index contributed by atoms with van der Waals surface area (Å²) in [5.41, 5.74) is 3.63. The van der Waals surface area contributed by atoms with E-state index in [2.05, 4.69) is 34.6 Å². The first-order chi connectivity index (χ1) is 23.2. The van der Waals surface area contributed by atoms with E-state index >= 15 is 0 Å². The second-order valence-corrected chi connectivity index (χ2v) is 13.3. The van der Waals surface area contributed by atoms with Crippen LogP contribution in [0, 0.1) is 5.82 Å². The minimum Gasteiger partial charge on any atom is -0.508 e. The number of hydrogen-bond donors (Lipinski definition) is 1. The molecule has 1 amide bonds. The molecular formula is C39H51FN4O4. The number of piperazine rings is 1. The molecule has 48 heavy (non-hydrogen) atoms. The molecule has 2 heterocycles. The summed E-state index contributed by atoms with van der Waals surface area (Å²) < 4.78 is 19.0. The Balaban J connectivity index is 1.28. The van der Waals surface area contributed by atoms with Crippen LogP contribution in [0.1, 0.15) is 79.5 Å². The summed E-state index contributed by atoms with van der Waals surface area (Å²) in [5, 5.41) is 10.5. The van der Waals surface area contributed by atoms with Crippen LogP contribution in [0.25, 0.3) is 0 Å². The van der Waals surface area contributed by atoms with E-state index < -0.39 is 0 Å². The highest BCUT2D eigenvalue weighted by Crippen LogP contribution is 2.35. The van der Waals surface area contributed by atoms with Crippen LogP contribution in [0.5, 0.6) is 5.75 Å². The van der Waals surface area contributed by atoms with E-state index in [4.69, 9.17) is 4.74 Å². The molecule has 1 N–H and O–H groups in total. The van der Waals surface area contributed by atoms with Gasteiger partial charge < -0.3 is 19.6 Å². The zero-order valence-electron chi connectivity index (χ0n) is 28.7. The van der Waals surface area contributed by atoms with E-state index in [-0.39, 0.29) is 41.6 Å². The van der Waals surface area contributed by atoms with Crippen molar-refractivity contribution in [3.05, 3.63) is 101 Å². The molecule has 2 fully saturated rings. The van der Waals surface area contributed by atoms with Crippen molar-refractivity contribution in [1.29, 1.82) is 0 Å². The summed E-state index contributed by atoms with van der Waals surface area (Å²) >= 11 is 0. The highest BCUT2D eigenvalue weighted by molar-refractivity contribution is 5.94. The number of esters is 1. The molecule has 0 spiro atoms. The molecule has 0 saturated carbocycles. The summed E-state index contributed by atoms with van der Waals surface area (Å²) in [6.45, 7) is 13.0. The predicted molar refractivity (Wildman–Crippen MR) is 186 cm³/mol. The fourth-order valence-corrected chi connectivity index (χ4v) is 7.20. The normalized spacial score (nSPS) is 20.3. The Kier molecular flexibility index (Phi) is 12.6. The molecule has 9 heteroatoms. The molecule has 3 atom stereocenters. The lowest BCUT2D eigenvalue weighted by Crippen LogP contribution is -2.56. The van der Waals surface area contributed by atoms with Gasteiger partial charge in [0.1, 0.15) is 11.6 Å². The van der Waals surface area contributed by atoms with Gasteiger partial charge in [0.15, 0.2) is 0 Å². The number of nitrogens with zero attached hydrogens (tertiary/aromatic N) is 4. The minimum atomic E-state index is -0.217. The van der Waals surface area contributed by atoms with Crippen LogP contribution in [0.15, 0.2) is 72.8 Å². The second-order valence-electron chi connectivity index (χ2n) is 13.3. The van der Waals surface area contributed by atoms with E-state index in [1.165, 1.54) is 6.07 Å². The van der Waals surface area contributed by atoms with Gasteiger partial charge in [-0.2, -0.15) is 0 Å². The number of rotatable bonds is 12. The number of unbranched alkanes of at least 4 members (excludes halogenated alkanes) is 1. The lowest BCUT2D eigenvalue weighted by Gasteiger charge is -2.47. The molecule has 2 aliphatic heterocycles. The van der Waals surface area contributed by atoms with Crippen molar-refractivity contribution in [1.82, 2.24) is 19.6 Å². The summed E-state index contributed by atoms with van der Waals surface area (Å²) in [6.07, 6.45) is 3.10. The average Bonchev–Trinajstić information content (AvgIpc) is 3.31. The Morgan fingerprint density at radius 2 is 1.67 bits per heavy atom. The first kappa shape index (κ1) is 35.5. The van der Waals surface area contributed by atoms with Gasteiger partial charge in [0, 0.05) is 63.3 Å². The van der Waals surface area contributed by atoms with Crippen molar-refractivity contribution in [2.75, 3.05) is 52.4 Å². The standard InChI is InChI=1S/C39H51FN4O4/c1-4-48-37(46)17-5-6-18-41-19-10-20-42(22-21-41)39(47)34-14-8-12-32(24-34)38(33-13-9-16-36(45)25-33)44-27-29(2)43(26-30(44)3)28-31-11-7-15-35(40)23-31/h7-9,11-16,23-25,29-30,38,45H,4-6,10,17-22,26-28H2,1-3H3/t29-,30+,38-/m1/s1. The number of carbonyl (C=O) groups is 2. The fraction of sp³-hybridized carbons (Fsp3) is 0.487. The molecule has 3 aromatic carbocycles. The number of carbonyl (C=O) groups excluding carboxylic acids is 2. The quantitative estimate of drug-likeness (QED) is 0.186. The molecule has 5 rings (SSSR count). The number of aromatic hydroxyl groups is 1. The van der Waals surface area contributed by atoms with E-state index in [1.807, 2.05) is 54.3 Å². The Hall–Kier alpha value is -3.79. The number of amides is 1. The van der Waals surface area contributed by atoms with Gasteiger partial charge in [0.2, 0.25) is 0 Å². The van der Waals surface area contributed by atoms with E-state index in [0.29, 0.717) is 38.2 Å². The van der Waals surface area contributed by atoms with Gasteiger partial charge in [-0.25, -0.2) is 4.39 Å². The zero-order valence-corrected chi connectivity index (χ0v) is 28.7. The summed E-state index contributed by atoms with van der Waals surface area (Å²) in [6, 6.07) is 22.5. The molecule has 2 saturated heterocycles. The number of ether oxygens (including phenoxy) is 1. The van der Waals surface area contributed by atoms with Crippen molar-refractivity contribution in [2.24, 2.45) is 0 Å². The Morgan fingerprint density at radius 3 is 2.44 bits per heavy atom. The molecule has 3 aromatic rings. The number of phenols is 1. The monoisotopic (exact) mass is 658 g/mol. The average molecular weight is 659 g/mol. The predicted octanol–water partition coefficient (Wildman–Crippen LogP) is 6.10. The largest absolute Gasteiger partial charge is 0.508 e. The minimum absolute atomic E-state index is 0.0389. The number of phenolic OH excluding ortho intramolecular Hbond substituents is 1. The molecule has 2 aliphatic rings. The van der Waals surface area contributed by atoms with Crippen molar-refractivity contribution < 1.29 is 23.8 Å². The fourth-order valence-electron chi connectivity index (χ4n) is 7.20. The van der Waals surface area contributed by atoms with Crippen LogP contribution in [-0.4, -0.2) is 101 Å². The maximum absolute atomic E-state index is 13.9. The Morgan fingerprint density at radius 1 is 0.896 bits per heavy atom. The molecule has 8 nitrogen and oxygen atoms in total. The Labute approximate surface area is 285 Å². The van der Waals surface area contributed by atoms with Crippen LogP contribution >= 0.6 is 0 Å². The highest BCUT2D eigenvalue weighted by atomic mass is 19.1. The van der Waals surface area contributed by atoms with E-state index in [0.717, 1.165) is 68.7 Å². The van der Waals surface area contributed by atoms with Gasteiger partial charge in [-0.3, -0.25) is 19.4 Å². The van der Waals surface area contributed by atoms with Crippen LogP contribution < -0.4 is 0 Å². The third-order valence-electron chi connectivity index (χ3n) is 9.69. The van der Waals surface area contributed by atoms with Gasteiger partial charge in [-0.1, -0.05) is 36.4 Å². The van der Waals surface area contributed by atoms with Gasteiger partial charge in [0.25, 0.3) is 5.91 Å². The van der Waals surface area contributed by atoms with E-state index in [9.17, 15) is 19.1 Å². The van der Waals surface area contributed by atoms with Crippen molar-refractivity contribution >= 4 is 11.9 Å². The smallest absolute Gasteiger partial charge is 0.305 e. The lowest BCUT2D eigenvalue weighted by molar-refractivity contribution is -0.143. The molecule has 0 aliphatic carbocycles. The second kappa shape index (κ2) is 17.0. The van der Waals surface area contributed by atoms with Gasteiger partial charge in [-0.05, 0) is 106 Å². The molecule has 258 valence electrons. The first-order valence-corrected chi connectivity index (χ1v) is 17.5. The number of halogens is 1. The van der Waals surface area contributed by atoms with Crippen LogP contribution in [0.4, 0.5) is 4.39 Å². The third-order valence-corrected chi connectivity index (χ3v) is 9.69. The SMILES string of the molecule is CCOC(=O)CCCCN1CCCN(C(=O)c2cccc([C@H](c3cccc(O)c3)N3C[C@@H](C)N(Cc4cccc(F)c4)C[C@@H]3C)c2)CC1. The maximum atomic E-state index is 13.9. The third kappa shape index (κ3) is 9.43. The molecule has 0 radical (unpaired) electrons. The van der Waals surface area contributed by atoms with Gasteiger partial charge >= 0.3 is 5.97 Å². The molecule has 0 bridgehead atoms. The van der Waals surface area contributed by atoms with E-state index in [1.54, 1.807) is 18.2 Å². The van der Waals surface area contributed by atoms with Crippen LogP contribution in [0.2, 0.25) is 0 Å². The van der Waals surface area contributed by atoms with Gasteiger partial charge in [-0.15, -0.1) is 0 Å². The maximum Gasteiger partial charge on any atom is 0.305 e. The topological polar surface area (TPSA) is 76.6 Å². The van der Waals surface area contributed by atoms with Gasteiger partial charge in [0.05, 0.1) is 12.6 Å². The van der Waals surface area contributed by atoms with Crippen LogP contribution in [-0.2, 0) is 16.1 Å². The van der Waals surface area contributed by atoms with Crippen molar-refractivity contribution in [2.45, 2.75) is 71.1 Å². The van der Waals surface area contributed by atoms with Crippen LogP contribution in [0.3, 0.4) is 0 Å². The Bertz CT molecular complexity index is 1520. The summed E-state index contributed by atoms with van der Waals surface area (Å²) in [7, 11) is 0. The highest BCUT2D eigenvalue weighted by Gasteiger charge is 2.35. The zero-order chi connectivity index (χ0) is 34.0. The summed E-state index contributed by atoms with van der Waals surface area (Å²) in [5.74, 6) is -0.0986. The summed E-state index contributed by atoms with van der Waals surface area (Å²) in [4.78, 5) is 34.8. The first-order valence-electron chi connectivity index (χ1n) is 17.5. The number of benzene rings is 3.